The van der Waals surface area contributed by atoms with Gasteiger partial charge in [0.05, 0.1) is 10.0 Å². The summed E-state index contributed by atoms with van der Waals surface area (Å²) in [4.78, 5) is 0. The van der Waals surface area contributed by atoms with Crippen molar-refractivity contribution in [1.82, 2.24) is 0 Å². The molecule has 0 aromatic heterocycles. The number of aryl methyl sites for hydroxylation is 1. The van der Waals surface area contributed by atoms with Crippen LogP contribution in [0.15, 0.2) is 18.2 Å². The van der Waals surface area contributed by atoms with E-state index in [4.69, 9.17) is 28.9 Å². The molecule has 84 valence electrons. The second-order valence-corrected chi connectivity index (χ2v) is 5.43. The van der Waals surface area contributed by atoms with E-state index in [9.17, 15) is 0 Å². The van der Waals surface area contributed by atoms with E-state index >= 15 is 0 Å². The Bertz CT molecular complexity index is 334. The number of hydrogen-bond acceptors (Lipinski definition) is 1. The lowest BCUT2D eigenvalue weighted by atomic mass is 9.86. The third-order valence-corrected chi connectivity index (χ3v) is 3.37. The number of benzene rings is 1. The van der Waals surface area contributed by atoms with Crippen molar-refractivity contribution in [3.05, 3.63) is 33.8 Å². The van der Waals surface area contributed by atoms with Crippen LogP contribution in [0.2, 0.25) is 10.0 Å². The summed E-state index contributed by atoms with van der Waals surface area (Å²) in [6.07, 6.45) is 2.04. The van der Waals surface area contributed by atoms with Gasteiger partial charge in [0.15, 0.2) is 0 Å². The largest absolute Gasteiger partial charge is 0.330 e. The molecule has 0 radical (unpaired) electrons. The molecular formula is C12H17Cl2N. The van der Waals surface area contributed by atoms with E-state index in [1.54, 1.807) is 0 Å². The Morgan fingerprint density at radius 3 is 2.40 bits per heavy atom. The summed E-state index contributed by atoms with van der Waals surface area (Å²) in [5, 5.41) is 1.23. The molecule has 1 aromatic carbocycles. The van der Waals surface area contributed by atoms with Gasteiger partial charge in [-0.25, -0.2) is 0 Å². The van der Waals surface area contributed by atoms with Gasteiger partial charge in [-0.2, -0.15) is 0 Å². The van der Waals surface area contributed by atoms with Crippen LogP contribution in [0.3, 0.4) is 0 Å². The van der Waals surface area contributed by atoms with E-state index in [0.29, 0.717) is 16.6 Å². The van der Waals surface area contributed by atoms with E-state index in [0.717, 1.165) is 12.8 Å². The van der Waals surface area contributed by atoms with E-state index < -0.39 is 0 Å². The first kappa shape index (κ1) is 12.8. The Labute approximate surface area is 102 Å². The highest BCUT2D eigenvalue weighted by molar-refractivity contribution is 6.42. The van der Waals surface area contributed by atoms with Crippen LogP contribution < -0.4 is 5.73 Å². The highest BCUT2D eigenvalue weighted by Crippen LogP contribution is 2.26. The van der Waals surface area contributed by atoms with Gasteiger partial charge in [-0.1, -0.05) is 43.1 Å². The molecule has 0 heterocycles. The molecule has 0 fully saturated rings. The molecule has 0 bridgehead atoms. The lowest BCUT2D eigenvalue weighted by Crippen LogP contribution is -2.24. The third-order valence-electron chi connectivity index (χ3n) is 2.63. The van der Waals surface area contributed by atoms with Crippen molar-refractivity contribution in [2.24, 2.45) is 11.1 Å². The van der Waals surface area contributed by atoms with E-state index in [1.165, 1.54) is 5.56 Å². The number of hydrogen-bond donors (Lipinski definition) is 1. The predicted octanol–water partition coefficient (Wildman–Crippen LogP) is 3.91. The molecule has 1 aromatic rings. The van der Waals surface area contributed by atoms with Gasteiger partial charge < -0.3 is 5.73 Å². The zero-order chi connectivity index (χ0) is 11.5. The fourth-order valence-electron chi connectivity index (χ4n) is 1.28. The van der Waals surface area contributed by atoms with Crippen LogP contribution in [0.25, 0.3) is 0 Å². The van der Waals surface area contributed by atoms with Gasteiger partial charge >= 0.3 is 0 Å². The first-order valence-corrected chi connectivity index (χ1v) is 5.84. The number of halogens is 2. The van der Waals surface area contributed by atoms with Crippen molar-refractivity contribution in [2.75, 3.05) is 6.54 Å². The zero-order valence-electron chi connectivity index (χ0n) is 9.19. The van der Waals surface area contributed by atoms with Crippen LogP contribution in [0.1, 0.15) is 25.8 Å². The molecule has 2 N–H and O–H groups in total. The summed E-state index contributed by atoms with van der Waals surface area (Å²) < 4.78 is 0. The summed E-state index contributed by atoms with van der Waals surface area (Å²) in [5.41, 5.74) is 7.08. The smallest absolute Gasteiger partial charge is 0.0595 e. The Hall–Kier alpha value is -0.240. The van der Waals surface area contributed by atoms with Crippen LogP contribution in [0, 0.1) is 5.41 Å². The first-order chi connectivity index (χ1) is 6.94. The fraction of sp³-hybridized carbons (Fsp3) is 0.500. The highest BCUT2D eigenvalue weighted by atomic mass is 35.5. The maximum Gasteiger partial charge on any atom is 0.0595 e. The molecule has 0 spiro atoms. The summed E-state index contributed by atoms with van der Waals surface area (Å²) in [6.45, 7) is 5.05. The molecule has 1 rings (SSSR count). The summed E-state index contributed by atoms with van der Waals surface area (Å²) >= 11 is 11.8. The molecule has 0 aliphatic rings. The molecule has 0 aliphatic heterocycles. The number of nitrogens with two attached hydrogens (primary N) is 1. The Morgan fingerprint density at radius 2 is 1.87 bits per heavy atom. The van der Waals surface area contributed by atoms with Crippen molar-refractivity contribution >= 4 is 23.2 Å². The molecule has 0 amide bonds. The Morgan fingerprint density at radius 1 is 1.20 bits per heavy atom. The SMILES string of the molecule is CC(C)(CN)CCc1ccc(Cl)c(Cl)c1. The lowest BCUT2D eigenvalue weighted by molar-refractivity contribution is 0.348. The molecule has 3 heteroatoms. The number of rotatable bonds is 4. The van der Waals surface area contributed by atoms with Crippen LogP contribution in [-0.2, 0) is 6.42 Å². The van der Waals surface area contributed by atoms with E-state index in [-0.39, 0.29) is 5.41 Å². The monoisotopic (exact) mass is 245 g/mol. The Kier molecular flexibility index (Phi) is 4.45. The molecule has 0 aliphatic carbocycles. The quantitative estimate of drug-likeness (QED) is 0.856. The molecular weight excluding hydrogens is 229 g/mol. The van der Waals surface area contributed by atoms with E-state index in [2.05, 4.69) is 13.8 Å². The average Bonchev–Trinajstić information content (AvgIpc) is 2.20. The predicted molar refractivity (Wildman–Crippen MR) is 67.6 cm³/mol. The van der Waals surface area contributed by atoms with Gasteiger partial charge in [0.25, 0.3) is 0 Å². The molecule has 1 nitrogen and oxygen atoms in total. The maximum atomic E-state index is 5.94. The second-order valence-electron chi connectivity index (χ2n) is 4.62. The minimum atomic E-state index is 0.187. The van der Waals surface area contributed by atoms with Gasteiger partial charge in [-0.3, -0.25) is 0 Å². The first-order valence-electron chi connectivity index (χ1n) is 5.08. The van der Waals surface area contributed by atoms with Crippen LogP contribution >= 0.6 is 23.2 Å². The van der Waals surface area contributed by atoms with Gasteiger partial charge in [-0.05, 0) is 42.5 Å². The van der Waals surface area contributed by atoms with Crippen LogP contribution in [-0.4, -0.2) is 6.54 Å². The van der Waals surface area contributed by atoms with Gasteiger partial charge in [0, 0.05) is 0 Å². The maximum absolute atomic E-state index is 5.94. The van der Waals surface area contributed by atoms with Crippen molar-refractivity contribution in [2.45, 2.75) is 26.7 Å². The van der Waals surface area contributed by atoms with Gasteiger partial charge in [0.2, 0.25) is 0 Å². The summed E-state index contributed by atoms with van der Waals surface area (Å²) in [7, 11) is 0. The standard InChI is InChI=1S/C12H17Cl2N/c1-12(2,8-15)6-5-9-3-4-10(13)11(14)7-9/h3-4,7H,5-6,8,15H2,1-2H3. The highest BCUT2D eigenvalue weighted by Gasteiger charge is 2.15. The lowest BCUT2D eigenvalue weighted by Gasteiger charge is -2.22. The molecule has 0 atom stereocenters. The summed E-state index contributed by atoms with van der Waals surface area (Å²) in [6, 6.07) is 5.78. The molecule has 0 saturated carbocycles. The topological polar surface area (TPSA) is 26.0 Å². The van der Waals surface area contributed by atoms with Crippen molar-refractivity contribution in [3.8, 4) is 0 Å². The van der Waals surface area contributed by atoms with Crippen LogP contribution in [0.5, 0.6) is 0 Å². The third kappa shape index (κ3) is 4.02. The molecule has 15 heavy (non-hydrogen) atoms. The van der Waals surface area contributed by atoms with Crippen molar-refractivity contribution in [1.29, 1.82) is 0 Å². The van der Waals surface area contributed by atoms with Crippen molar-refractivity contribution in [3.63, 3.8) is 0 Å². The fourth-order valence-corrected chi connectivity index (χ4v) is 1.60. The Balaban J connectivity index is 2.62. The normalized spacial score (nSPS) is 11.8. The molecule has 0 unspecified atom stereocenters. The average molecular weight is 246 g/mol. The minimum absolute atomic E-state index is 0.187. The minimum Gasteiger partial charge on any atom is -0.330 e. The summed E-state index contributed by atoms with van der Waals surface area (Å²) in [5.74, 6) is 0. The van der Waals surface area contributed by atoms with Crippen LogP contribution in [0.4, 0.5) is 0 Å². The van der Waals surface area contributed by atoms with Gasteiger partial charge in [-0.15, -0.1) is 0 Å². The molecule has 0 saturated heterocycles. The van der Waals surface area contributed by atoms with Crippen molar-refractivity contribution < 1.29 is 0 Å². The van der Waals surface area contributed by atoms with Gasteiger partial charge in [0.1, 0.15) is 0 Å². The van der Waals surface area contributed by atoms with E-state index in [1.807, 2.05) is 18.2 Å². The second kappa shape index (κ2) is 5.20. The zero-order valence-corrected chi connectivity index (χ0v) is 10.7.